The lowest BCUT2D eigenvalue weighted by Gasteiger charge is -2.06. The maximum absolute atomic E-state index is 12.2. The number of rotatable bonds is 3. The molecule has 0 unspecified atom stereocenters. The molecule has 0 bridgehead atoms. The van der Waals surface area contributed by atoms with E-state index < -0.39 is 10.0 Å². The molecule has 0 aliphatic heterocycles. The largest absolute Gasteiger partial charge is 0.497 e. The van der Waals surface area contributed by atoms with E-state index in [4.69, 9.17) is 4.74 Å². The van der Waals surface area contributed by atoms with E-state index in [0.29, 0.717) is 11.3 Å². The van der Waals surface area contributed by atoms with E-state index in [1.807, 2.05) is 0 Å². The highest BCUT2D eigenvalue weighted by molar-refractivity contribution is 7.90. The summed E-state index contributed by atoms with van der Waals surface area (Å²) in [5.41, 5.74) is 0.787. The number of ether oxygens (including phenoxy) is 1. The van der Waals surface area contributed by atoms with Crippen molar-refractivity contribution in [1.82, 2.24) is 0 Å². The Balaban J connectivity index is 2.38. The van der Waals surface area contributed by atoms with Crippen LogP contribution in [0.1, 0.15) is 6.92 Å². The number of methoxy groups -OCH3 is 1. The Hall–Kier alpha value is -2.21. The Bertz CT molecular complexity index is 725. The van der Waals surface area contributed by atoms with Crippen molar-refractivity contribution in [3.8, 4) is 5.75 Å². The quantitative estimate of drug-likeness (QED) is 0.797. The molecular formula is C14H13NO4S. The fourth-order valence-corrected chi connectivity index (χ4v) is 2.71. The van der Waals surface area contributed by atoms with E-state index in [2.05, 4.69) is 4.40 Å². The first kappa shape index (κ1) is 14.2. The SMILES string of the molecule is COc1ccc(S(=O)(=O)/N=C2/C=CC(=O)C=C2C)cc1. The third-order valence-electron chi connectivity index (χ3n) is 2.74. The van der Waals surface area contributed by atoms with Crippen molar-refractivity contribution in [3.63, 3.8) is 0 Å². The number of hydrogen-bond acceptors (Lipinski definition) is 4. The van der Waals surface area contributed by atoms with Crippen LogP contribution in [-0.4, -0.2) is 27.0 Å². The van der Waals surface area contributed by atoms with Gasteiger partial charge in [-0.05, 0) is 55.0 Å². The zero-order valence-corrected chi connectivity index (χ0v) is 11.8. The lowest BCUT2D eigenvalue weighted by atomic mass is 10.1. The molecule has 0 saturated carbocycles. The summed E-state index contributed by atoms with van der Waals surface area (Å²) in [4.78, 5) is 11.2. The fourth-order valence-electron chi connectivity index (χ4n) is 1.66. The third-order valence-corrected chi connectivity index (χ3v) is 4.05. The normalized spacial score (nSPS) is 17.2. The topological polar surface area (TPSA) is 72.8 Å². The molecular weight excluding hydrogens is 278 g/mol. The van der Waals surface area contributed by atoms with Gasteiger partial charge >= 0.3 is 0 Å². The zero-order valence-electron chi connectivity index (χ0n) is 11.0. The van der Waals surface area contributed by atoms with Gasteiger partial charge in [0.15, 0.2) is 5.78 Å². The van der Waals surface area contributed by atoms with Crippen LogP contribution in [0.15, 0.2) is 57.4 Å². The average Bonchev–Trinajstić information content (AvgIpc) is 2.42. The molecule has 0 N–H and O–H groups in total. The maximum atomic E-state index is 12.2. The van der Waals surface area contributed by atoms with Crippen molar-refractivity contribution in [3.05, 3.63) is 48.1 Å². The summed E-state index contributed by atoms with van der Waals surface area (Å²) in [6, 6.07) is 5.95. The first-order chi connectivity index (χ1) is 9.42. The van der Waals surface area contributed by atoms with Crippen LogP contribution in [0, 0.1) is 0 Å². The highest BCUT2D eigenvalue weighted by atomic mass is 32.2. The molecule has 1 aliphatic rings. The molecule has 5 nitrogen and oxygen atoms in total. The van der Waals surface area contributed by atoms with Crippen LogP contribution < -0.4 is 4.74 Å². The Morgan fingerprint density at radius 1 is 1.10 bits per heavy atom. The number of sulfonamides is 1. The lowest BCUT2D eigenvalue weighted by Crippen LogP contribution is -2.09. The molecule has 0 heterocycles. The predicted octanol–water partition coefficient (Wildman–Crippen LogP) is 1.91. The van der Waals surface area contributed by atoms with Crippen molar-refractivity contribution >= 4 is 21.5 Å². The molecule has 0 fully saturated rings. The molecule has 0 spiro atoms. The zero-order chi connectivity index (χ0) is 14.8. The molecule has 20 heavy (non-hydrogen) atoms. The summed E-state index contributed by atoms with van der Waals surface area (Å²) in [5.74, 6) is 0.388. The first-order valence-electron chi connectivity index (χ1n) is 5.82. The van der Waals surface area contributed by atoms with Crippen molar-refractivity contribution < 1.29 is 17.9 Å². The molecule has 6 heteroatoms. The number of carbonyl (C=O) groups excluding carboxylic acids is 1. The van der Waals surface area contributed by atoms with E-state index >= 15 is 0 Å². The van der Waals surface area contributed by atoms with Gasteiger partial charge in [0.2, 0.25) is 0 Å². The van der Waals surface area contributed by atoms with Gasteiger partial charge in [-0.1, -0.05) is 0 Å². The maximum Gasteiger partial charge on any atom is 0.282 e. The minimum absolute atomic E-state index is 0.0731. The molecule has 2 rings (SSSR count). The molecule has 1 aromatic rings. The molecule has 0 radical (unpaired) electrons. The standard InChI is InChI=1S/C14H13NO4S/c1-10-9-11(16)3-8-14(10)15-20(17,18)13-6-4-12(19-2)5-7-13/h3-9H,1-2H3/b15-14-. The average molecular weight is 291 g/mol. The van der Waals surface area contributed by atoms with E-state index in [1.54, 1.807) is 19.1 Å². The number of hydrogen-bond donors (Lipinski definition) is 0. The molecule has 0 saturated heterocycles. The second-order valence-electron chi connectivity index (χ2n) is 4.19. The minimum atomic E-state index is -3.81. The summed E-state index contributed by atoms with van der Waals surface area (Å²) in [6.07, 6.45) is 4.04. The van der Waals surface area contributed by atoms with Crippen LogP contribution in [0.25, 0.3) is 0 Å². The number of ketones is 1. The predicted molar refractivity (Wildman–Crippen MR) is 75.5 cm³/mol. The summed E-state index contributed by atoms with van der Waals surface area (Å²) >= 11 is 0. The highest BCUT2D eigenvalue weighted by Crippen LogP contribution is 2.19. The summed E-state index contributed by atoms with van der Waals surface area (Å²) in [6.45, 7) is 1.64. The number of carbonyl (C=O) groups is 1. The fraction of sp³-hybridized carbons (Fsp3) is 0.143. The number of allylic oxidation sites excluding steroid dienone is 4. The van der Waals surface area contributed by atoms with E-state index in [0.717, 1.165) is 0 Å². The summed E-state index contributed by atoms with van der Waals surface area (Å²) in [7, 11) is -2.30. The Labute approximate surface area is 117 Å². The van der Waals surface area contributed by atoms with Crippen LogP contribution in [0.3, 0.4) is 0 Å². The minimum Gasteiger partial charge on any atom is -0.497 e. The van der Waals surface area contributed by atoms with Gasteiger partial charge in [0.1, 0.15) is 5.75 Å². The van der Waals surface area contributed by atoms with Gasteiger partial charge in [0, 0.05) is 0 Å². The van der Waals surface area contributed by atoms with Crippen LogP contribution >= 0.6 is 0 Å². The van der Waals surface area contributed by atoms with Crippen LogP contribution in [0.4, 0.5) is 0 Å². The van der Waals surface area contributed by atoms with E-state index in [-0.39, 0.29) is 16.4 Å². The summed E-state index contributed by atoms with van der Waals surface area (Å²) in [5, 5.41) is 0. The van der Waals surface area contributed by atoms with E-state index in [9.17, 15) is 13.2 Å². The lowest BCUT2D eigenvalue weighted by molar-refractivity contribution is -0.110. The van der Waals surface area contributed by atoms with Gasteiger partial charge in [-0.3, -0.25) is 4.79 Å². The number of benzene rings is 1. The van der Waals surface area contributed by atoms with Crippen LogP contribution in [-0.2, 0) is 14.8 Å². The van der Waals surface area contributed by atoms with Crippen molar-refractivity contribution in [2.45, 2.75) is 11.8 Å². The van der Waals surface area contributed by atoms with E-state index in [1.165, 1.54) is 37.5 Å². The van der Waals surface area contributed by atoms with Gasteiger partial charge in [0.05, 0.1) is 17.7 Å². The Morgan fingerprint density at radius 2 is 1.75 bits per heavy atom. The third kappa shape index (κ3) is 3.03. The van der Waals surface area contributed by atoms with Gasteiger partial charge < -0.3 is 4.74 Å². The van der Waals surface area contributed by atoms with Gasteiger partial charge in [0.25, 0.3) is 10.0 Å². The Morgan fingerprint density at radius 3 is 2.30 bits per heavy atom. The van der Waals surface area contributed by atoms with Crippen LogP contribution in [0.5, 0.6) is 5.75 Å². The number of nitrogens with zero attached hydrogens (tertiary/aromatic N) is 1. The molecule has 0 atom stereocenters. The van der Waals surface area contributed by atoms with Crippen LogP contribution in [0.2, 0.25) is 0 Å². The van der Waals surface area contributed by atoms with Crippen molar-refractivity contribution in [1.29, 1.82) is 0 Å². The highest BCUT2D eigenvalue weighted by Gasteiger charge is 2.16. The van der Waals surface area contributed by atoms with Crippen molar-refractivity contribution in [2.75, 3.05) is 7.11 Å². The first-order valence-corrected chi connectivity index (χ1v) is 7.26. The van der Waals surface area contributed by atoms with Gasteiger partial charge in [-0.15, -0.1) is 0 Å². The Kier molecular flexibility index (Phi) is 3.85. The van der Waals surface area contributed by atoms with Crippen molar-refractivity contribution in [2.24, 2.45) is 4.40 Å². The smallest absolute Gasteiger partial charge is 0.282 e. The van der Waals surface area contributed by atoms with Gasteiger partial charge in [-0.25, -0.2) is 0 Å². The monoisotopic (exact) mass is 291 g/mol. The molecule has 104 valence electrons. The second-order valence-corrected chi connectivity index (χ2v) is 5.79. The molecule has 0 amide bonds. The molecule has 1 aliphatic carbocycles. The second kappa shape index (κ2) is 5.42. The molecule has 1 aromatic carbocycles. The van der Waals surface area contributed by atoms with Gasteiger partial charge in [-0.2, -0.15) is 12.8 Å². The molecule has 0 aromatic heterocycles. The summed E-state index contributed by atoms with van der Waals surface area (Å²) < 4.78 is 33.0.